The van der Waals surface area contributed by atoms with Gasteiger partial charge in [0.1, 0.15) is 6.04 Å². The first-order valence-electron chi connectivity index (χ1n) is 5.97. The maximum absolute atomic E-state index is 10.1. The van der Waals surface area contributed by atoms with Gasteiger partial charge in [-0.3, -0.25) is 4.79 Å². The largest absolute Gasteiger partial charge is 0.480 e. The minimum atomic E-state index is -1.19. The number of hydrogen-bond donors (Lipinski definition) is 4. The Labute approximate surface area is 108 Å². The molecule has 0 rings (SSSR count). The highest BCUT2D eigenvalue weighted by atomic mass is 16.4. The van der Waals surface area contributed by atoms with Gasteiger partial charge < -0.3 is 21.1 Å². The smallest absolute Gasteiger partial charge is 0.332 e. The minimum Gasteiger partial charge on any atom is -0.480 e. The van der Waals surface area contributed by atoms with Gasteiger partial charge in [-0.15, -0.1) is 0 Å². The molecule has 0 aromatic rings. The average molecular weight is 263 g/mol. The third-order valence-electron chi connectivity index (χ3n) is 2.02. The lowest BCUT2D eigenvalue weighted by Gasteiger charge is -2.07. The lowest BCUT2D eigenvalue weighted by Crippen LogP contribution is -2.31. The number of aliphatic hydroxyl groups is 1. The molecule has 6 heteroatoms. The highest BCUT2D eigenvalue weighted by Gasteiger charge is 2.13. The van der Waals surface area contributed by atoms with Crippen molar-refractivity contribution in [2.45, 2.75) is 52.7 Å². The second kappa shape index (κ2) is 9.85. The summed E-state index contributed by atoms with van der Waals surface area (Å²) in [5.74, 6) is -1.46. The zero-order chi connectivity index (χ0) is 14.9. The van der Waals surface area contributed by atoms with Crippen molar-refractivity contribution in [3.63, 3.8) is 0 Å². The molecule has 108 valence electrons. The van der Waals surface area contributed by atoms with Crippen LogP contribution in [-0.2, 0) is 9.59 Å². The Bertz CT molecular complexity index is 227. The van der Waals surface area contributed by atoms with Crippen LogP contribution in [0.2, 0.25) is 0 Å². The number of carboxylic acids is 2. The molecule has 2 unspecified atom stereocenters. The van der Waals surface area contributed by atoms with E-state index in [-0.39, 0.29) is 5.92 Å². The number of carboxylic acid groups (broad SMARTS) is 2. The zero-order valence-corrected chi connectivity index (χ0v) is 11.5. The molecule has 0 saturated heterocycles. The van der Waals surface area contributed by atoms with Crippen molar-refractivity contribution in [1.82, 2.24) is 0 Å². The topological polar surface area (TPSA) is 121 Å². The van der Waals surface area contributed by atoms with E-state index >= 15 is 0 Å². The van der Waals surface area contributed by atoms with Gasteiger partial charge in [-0.25, -0.2) is 4.79 Å². The Hall–Kier alpha value is -1.14. The lowest BCUT2D eigenvalue weighted by atomic mass is 10.1. The van der Waals surface area contributed by atoms with Crippen molar-refractivity contribution in [2.24, 2.45) is 17.6 Å². The van der Waals surface area contributed by atoms with Crippen molar-refractivity contribution in [2.75, 3.05) is 0 Å². The summed E-state index contributed by atoms with van der Waals surface area (Å²) < 4.78 is 0. The number of carbonyl (C=O) groups is 2. The SMILES string of the molecule is CC(C)CC(N)C(=O)O.CC(C)CC(O)C(=O)O. The van der Waals surface area contributed by atoms with Gasteiger partial charge in [-0.1, -0.05) is 27.7 Å². The van der Waals surface area contributed by atoms with Gasteiger partial charge in [0.15, 0.2) is 6.10 Å². The van der Waals surface area contributed by atoms with Crippen LogP contribution in [0.4, 0.5) is 0 Å². The molecule has 0 aromatic heterocycles. The van der Waals surface area contributed by atoms with E-state index in [9.17, 15) is 9.59 Å². The fourth-order valence-corrected chi connectivity index (χ4v) is 1.16. The molecular formula is C12H25NO5. The summed E-state index contributed by atoms with van der Waals surface area (Å²) in [6, 6.07) is -0.690. The molecule has 0 aromatic carbocycles. The molecule has 0 saturated carbocycles. The van der Waals surface area contributed by atoms with E-state index in [1.807, 2.05) is 27.7 Å². The van der Waals surface area contributed by atoms with E-state index in [2.05, 4.69) is 0 Å². The molecule has 2 atom stereocenters. The Balaban J connectivity index is 0. The highest BCUT2D eigenvalue weighted by Crippen LogP contribution is 2.03. The zero-order valence-electron chi connectivity index (χ0n) is 11.5. The normalized spacial score (nSPS) is 13.8. The van der Waals surface area contributed by atoms with Crippen molar-refractivity contribution < 1.29 is 24.9 Å². The molecule has 0 fully saturated rings. The maximum atomic E-state index is 10.1. The molecule has 6 nitrogen and oxygen atoms in total. The number of rotatable bonds is 6. The standard InChI is InChI=1S/C6H13NO2.C6H12O3/c2*1-4(2)3-5(7)6(8)9/h4-5H,3,7H2,1-2H3,(H,8,9);4-5,7H,3H2,1-2H3,(H,8,9). The third-order valence-corrected chi connectivity index (χ3v) is 2.02. The summed E-state index contributed by atoms with van der Waals surface area (Å²) in [6.45, 7) is 7.63. The number of nitrogens with two attached hydrogens (primary N) is 1. The summed E-state index contributed by atoms with van der Waals surface area (Å²) in [6.07, 6.45) is -0.310. The van der Waals surface area contributed by atoms with Gasteiger partial charge in [-0.2, -0.15) is 0 Å². The summed E-state index contributed by atoms with van der Waals surface area (Å²) in [5.41, 5.74) is 5.22. The maximum Gasteiger partial charge on any atom is 0.332 e. The summed E-state index contributed by atoms with van der Waals surface area (Å²) in [5, 5.41) is 25.2. The molecule has 0 spiro atoms. The van der Waals surface area contributed by atoms with Gasteiger partial charge in [0, 0.05) is 0 Å². The highest BCUT2D eigenvalue weighted by molar-refractivity contribution is 5.73. The van der Waals surface area contributed by atoms with E-state index in [0.29, 0.717) is 18.8 Å². The van der Waals surface area contributed by atoms with Crippen LogP contribution in [0, 0.1) is 11.8 Å². The van der Waals surface area contributed by atoms with Crippen molar-refractivity contribution in [3.05, 3.63) is 0 Å². The van der Waals surface area contributed by atoms with Crippen LogP contribution in [0.1, 0.15) is 40.5 Å². The summed E-state index contributed by atoms with van der Waals surface area (Å²) in [7, 11) is 0. The second-order valence-electron chi connectivity index (χ2n) is 5.06. The van der Waals surface area contributed by atoms with Crippen LogP contribution in [0.5, 0.6) is 0 Å². The molecule has 0 aliphatic rings. The van der Waals surface area contributed by atoms with E-state index < -0.39 is 24.1 Å². The first-order chi connectivity index (χ1) is 8.07. The van der Waals surface area contributed by atoms with Gasteiger partial charge in [-0.05, 0) is 24.7 Å². The van der Waals surface area contributed by atoms with Crippen LogP contribution in [0.3, 0.4) is 0 Å². The van der Waals surface area contributed by atoms with E-state index in [0.717, 1.165) is 0 Å². The second-order valence-corrected chi connectivity index (χ2v) is 5.06. The Morgan fingerprint density at radius 2 is 1.33 bits per heavy atom. The molecule has 5 N–H and O–H groups in total. The minimum absolute atomic E-state index is 0.232. The molecule has 0 heterocycles. The lowest BCUT2D eigenvalue weighted by molar-refractivity contribution is -0.147. The third kappa shape index (κ3) is 12.9. The van der Waals surface area contributed by atoms with Crippen LogP contribution in [0.15, 0.2) is 0 Å². The molecule has 0 radical (unpaired) electrons. The number of hydrogen-bond acceptors (Lipinski definition) is 4. The quantitative estimate of drug-likeness (QED) is 0.565. The Morgan fingerprint density at radius 3 is 1.44 bits per heavy atom. The fraction of sp³-hybridized carbons (Fsp3) is 0.833. The first kappa shape index (κ1) is 19.2. The van der Waals surface area contributed by atoms with Crippen LogP contribution >= 0.6 is 0 Å². The Kier molecular flexibility index (Phi) is 10.5. The Morgan fingerprint density at radius 1 is 0.944 bits per heavy atom. The van der Waals surface area contributed by atoms with Crippen LogP contribution in [0.25, 0.3) is 0 Å². The van der Waals surface area contributed by atoms with Crippen LogP contribution < -0.4 is 5.73 Å². The van der Waals surface area contributed by atoms with Gasteiger partial charge >= 0.3 is 11.9 Å². The molecular weight excluding hydrogens is 238 g/mol. The number of aliphatic hydroxyl groups excluding tert-OH is 1. The molecule has 0 aliphatic heterocycles. The van der Waals surface area contributed by atoms with E-state index in [4.69, 9.17) is 21.1 Å². The first-order valence-corrected chi connectivity index (χ1v) is 5.97. The van der Waals surface area contributed by atoms with E-state index in [1.165, 1.54) is 0 Å². The van der Waals surface area contributed by atoms with Crippen LogP contribution in [-0.4, -0.2) is 39.4 Å². The average Bonchev–Trinajstić information content (AvgIpc) is 2.16. The molecule has 0 aliphatic carbocycles. The summed E-state index contributed by atoms with van der Waals surface area (Å²) >= 11 is 0. The van der Waals surface area contributed by atoms with Gasteiger partial charge in [0.2, 0.25) is 0 Å². The van der Waals surface area contributed by atoms with Crippen molar-refractivity contribution in [1.29, 1.82) is 0 Å². The van der Waals surface area contributed by atoms with Gasteiger partial charge in [0.25, 0.3) is 0 Å². The molecule has 0 bridgehead atoms. The van der Waals surface area contributed by atoms with Crippen molar-refractivity contribution in [3.8, 4) is 0 Å². The predicted molar refractivity (Wildman–Crippen MR) is 68.2 cm³/mol. The fourth-order valence-electron chi connectivity index (χ4n) is 1.16. The summed E-state index contributed by atoms with van der Waals surface area (Å²) in [4.78, 5) is 20.1. The van der Waals surface area contributed by atoms with Crippen molar-refractivity contribution >= 4 is 11.9 Å². The molecule has 0 amide bonds. The number of aliphatic carboxylic acids is 2. The molecule has 18 heavy (non-hydrogen) atoms. The van der Waals surface area contributed by atoms with E-state index in [1.54, 1.807) is 0 Å². The predicted octanol–water partition coefficient (Wildman–Crippen LogP) is 0.922. The van der Waals surface area contributed by atoms with Gasteiger partial charge in [0.05, 0.1) is 0 Å². The monoisotopic (exact) mass is 263 g/mol.